The van der Waals surface area contributed by atoms with Crippen LogP contribution in [0.25, 0.3) is 0 Å². The fourth-order valence-electron chi connectivity index (χ4n) is 4.98. The molecule has 146 valence electrons. The van der Waals surface area contributed by atoms with Gasteiger partial charge in [0.05, 0.1) is 6.54 Å². The molecule has 27 heavy (non-hydrogen) atoms. The summed E-state index contributed by atoms with van der Waals surface area (Å²) in [6, 6.07) is 10.7. The van der Waals surface area contributed by atoms with Gasteiger partial charge < -0.3 is 15.0 Å². The number of imidazole rings is 1. The summed E-state index contributed by atoms with van der Waals surface area (Å²) in [6.45, 7) is 6.77. The summed E-state index contributed by atoms with van der Waals surface area (Å²) in [7, 11) is 0. The second-order valence-corrected chi connectivity index (χ2v) is 8.34. The van der Waals surface area contributed by atoms with Crippen molar-refractivity contribution in [3.05, 3.63) is 54.1 Å². The number of aromatic amines is 1. The molecule has 1 spiro atoms. The summed E-state index contributed by atoms with van der Waals surface area (Å²) in [5, 5.41) is 10.1. The van der Waals surface area contributed by atoms with Gasteiger partial charge in [0.15, 0.2) is 0 Å². The molecule has 2 aliphatic heterocycles. The monoisotopic (exact) mass is 368 g/mol. The van der Waals surface area contributed by atoms with E-state index in [0.717, 1.165) is 45.0 Å². The van der Waals surface area contributed by atoms with Crippen molar-refractivity contribution < 1.29 is 5.11 Å². The molecule has 3 heterocycles. The van der Waals surface area contributed by atoms with E-state index in [1.54, 1.807) is 0 Å². The molecule has 1 aromatic heterocycles. The summed E-state index contributed by atoms with van der Waals surface area (Å²) in [5.41, 5.74) is 1.74. The Bertz CT molecular complexity index is 680. The van der Waals surface area contributed by atoms with Gasteiger partial charge in [-0.25, -0.2) is 4.98 Å². The van der Waals surface area contributed by atoms with Crippen LogP contribution in [0, 0.1) is 11.3 Å². The fraction of sp³-hybridized carbons (Fsp3) is 0.591. The molecule has 2 fully saturated rings. The fourth-order valence-corrected chi connectivity index (χ4v) is 4.98. The number of nitrogens with zero attached hydrogens (tertiary/aromatic N) is 3. The smallest absolute Gasteiger partial charge is 0.120 e. The number of hydrogen-bond donors (Lipinski definition) is 2. The number of rotatable bonds is 6. The molecule has 0 aliphatic carbocycles. The third-order valence-electron chi connectivity index (χ3n) is 6.83. The topological polar surface area (TPSA) is 55.4 Å². The Balaban J connectivity index is 1.29. The number of aromatic nitrogens is 2. The Morgan fingerprint density at radius 1 is 1.07 bits per heavy atom. The van der Waals surface area contributed by atoms with Gasteiger partial charge in [-0.1, -0.05) is 30.3 Å². The van der Waals surface area contributed by atoms with Crippen LogP contribution in [0.15, 0.2) is 42.7 Å². The standard InChI is InChI=1S/C22H32N4O/c27-18-20-16-25(12-6-19-4-2-1-3-5-19)13-7-22(20)8-14-26(15-9-22)17-21-23-10-11-24-21/h1-5,10-11,20,27H,6-9,12-18H2,(H,23,24)/t20-/m0/s1. The van der Waals surface area contributed by atoms with Crippen LogP contribution in [0.2, 0.25) is 0 Å². The number of likely N-dealkylation sites (tertiary alicyclic amines) is 2. The molecule has 4 rings (SSSR count). The lowest BCUT2D eigenvalue weighted by molar-refractivity contribution is -0.0428. The lowest BCUT2D eigenvalue weighted by atomic mass is 9.64. The molecule has 2 aliphatic rings. The van der Waals surface area contributed by atoms with E-state index >= 15 is 0 Å². The average Bonchev–Trinajstić information content (AvgIpc) is 3.23. The van der Waals surface area contributed by atoms with E-state index in [1.807, 2.05) is 12.4 Å². The maximum absolute atomic E-state index is 10.1. The van der Waals surface area contributed by atoms with Gasteiger partial charge in [0.2, 0.25) is 0 Å². The first-order chi connectivity index (χ1) is 13.3. The van der Waals surface area contributed by atoms with Crippen LogP contribution in [0.1, 0.15) is 30.7 Å². The predicted molar refractivity (Wildman–Crippen MR) is 107 cm³/mol. The van der Waals surface area contributed by atoms with Crippen molar-refractivity contribution in [3.8, 4) is 0 Å². The number of aliphatic hydroxyl groups is 1. The molecule has 2 N–H and O–H groups in total. The third-order valence-corrected chi connectivity index (χ3v) is 6.83. The van der Waals surface area contributed by atoms with Crippen LogP contribution in [0.4, 0.5) is 0 Å². The molecule has 2 aromatic rings. The Kier molecular flexibility index (Phi) is 5.91. The molecule has 2 saturated heterocycles. The van der Waals surface area contributed by atoms with E-state index in [0.29, 0.717) is 17.9 Å². The Hall–Kier alpha value is -1.69. The molecule has 5 nitrogen and oxygen atoms in total. The van der Waals surface area contributed by atoms with Crippen LogP contribution >= 0.6 is 0 Å². The van der Waals surface area contributed by atoms with Crippen LogP contribution in [0.3, 0.4) is 0 Å². The number of nitrogens with one attached hydrogen (secondary N) is 1. The van der Waals surface area contributed by atoms with Crippen molar-refractivity contribution in [3.63, 3.8) is 0 Å². The SMILES string of the molecule is OC[C@@H]1CN(CCc2ccccc2)CCC12CCN(Cc1ncc[nH]1)CC2. The lowest BCUT2D eigenvalue weighted by Gasteiger charge is -2.51. The van der Waals surface area contributed by atoms with E-state index in [9.17, 15) is 5.11 Å². The first-order valence-electron chi connectivity index (χ1n) is 10.4. The molecule has 0 radical (unpaired) electrons. The van der Waals surface area contributed by atoms with E-state index in [-0.39, 0.29) is 0 Å². The van der Waals surface area contributed by atoms with Crippen molar-refractivity contribution in [1.29, 1.82) is 0 Å². The normalized spacial score (nSPS) is 23.7. The van der Waals surface area contributed by atoms with Gasteiger partial charge in [-0.3, -0.25) is 4.90 Å². The van der Waals surface area contributed by atoms with Crippen LogP contribution in [-0.4, -0.2) is 64.2 Å². The van der Waals surface area contributed by atoms with E-state index in [4.69, 9.17) is 0 Å². The predicted octanol–water partition coefficient (Wildman–Crippen LogP) is 2.55. The third kappa shape index (κ3) is 4.42. The Labute approximate surface area is 162 Å². The van der Waals surface area contributed by atoms with E-state index in [2.05, 4.69) is 50.1 Å². The van der Waals surface area contributed by atoms with Crippen molar-refractivity contribution in [2.45, 2.75) is 32.2 Å². The van der Waals surface area contributed by atoms with Gasteiger partial charge in [-0.2, -0.15) is 0 Å². The highest BCUT2D eigenvalue weighted by Crippen LogP contribution is 2.45. The second-order valence-electron chi connectivity index (χ2n) is 8.34. The zero-order chi connectivity index (χ0) is 18.5. The van der Waals surface area contributed by atoms with Crippen molar-refractivity contribution in [2.75, 3.05) is 39.3 Å². The molecular formula is C22H32N4O. The van der Waals surface area contributed by atoms with Gasteiger partial charge in [-0.05, 0) is 56.3 Å². The number of piperidine rings is 2. The van der Waals surface area contributed by atoms with Gasteiger partial charge in [0.1, 0.15) is 5.82 Å². The largest absolute Gasteiger partial charge is 0.396 e. The van der Waals surface area contributed by atoms with Gasteiger partial charge in [-0.15, -0.1) is 0 Å². The number of H-pyrrole nitrogens is 1. The summed E-state index contributed by atoms with van der Waals surface area (Å²) in [5.74, 6) is 1.47. The first-order valence-corrected chi connectivity index (χ1v) is 10.4. The maximum Gasteiger partial charge on any atom is 0.120 e. The molecule has 1 aromatic carbocycles. The molecule has 5 heteroatoms. The number of benzene rings is 1. The van der Waals surface area contributed by atoms with E-state index in [1.165, 1.54) is 31.4 Å². The summed E-state index contributed by atoms with van der Waals surface area (Å²) < 4.78 is 0. The zero-order valence-corrected chi connectivity index (χ0v) is 16.2. The average molecular weight is 369 g/mol. The van der Waals surface area contributed by atoms with Gasteiger partial charge in [0, 0.05) is 38.0 Å². The van der Waals surface area contributed by atoms with E-state index < -0.39 is 0 Å². The van der Waals surface area contributed by atoms with Crippen molar-refractivity contribution in [2.24, 2.45) is 11.3 Å². The summed E-state index contributed by atoms with van der Waals surface area (Å²) in [6.07, 6.45) is 8.45. The molecule has 0 unspecified atom stereocenters. The maximum atomic E-state index is 10.1. The first kappa shape index (κ1) is 18.7. The molecule has 0 saturated carbocycles. The van der Waals surface area contributed by atoms with Gasteiger partial charge in [0.25, 0.3) is 0 Å². The van der Waals surface area contributed by atoms with Crippen molar-refractivity contribution in [1.82, 2.24) is 19.8 Å². The molecular weight excluding hydrogens is 336 g/mol. The zero-order valence-electron chi connectivity index (χ0n) is 16.2. The van der Waals surface area contributed by atoms with Crippen LogP contribution in [0.5, 0.6) is 0 Å². The minimum Gasteiger partial charge on any atom is -0.396 e. The summed E-state index contributed by atoms with van der Waals surface area (Å²) in [4.78, 5) is 12.6. The second kappa shape index (κ2) is 8.55. The Morgan fingerprint density at radius 3 is 2.48 bits per heavy atom. The molecule has 1 atom stereocenters. The minimum atomic E-state index is 0.319. The van der Waals surface area contributed by atoms with Crippen LogP contribution < -0.4 is 0 Å². The quantitative estimate of drug-likeness (QED) is 0.823. The highest BCUT2D eigenvalue weighted by molar-refractivity contribution is 5.15. The number of aliphatic hydroxyl groups excluding tert-OH is 1. The molecule has 0 bridgehead atoms. The lowest BCUT2D eigenvalue weighted by Crippen LogP contribution is -2.53. The van der Waals surface area contributed by atoms with Crippen molar-refractivity contribution >= 4 is 0 Å². The van der Waals surface area contributed by atoms with Crippen LogP contribution in [-0.2, 0) is 13.0 Å². The number of hydrogen-bond acceptors (Lipinski definition) is 4. The Morgan fingerprint density at radius 2 is 1.81 bits per heavy atom. The summed E-state index contributed by atoms with van der Waals surface area (Å²) >= 11 is 0. The highest BCUT2D eigenvalue weighted by Gasteiger charge is 2.44. The molecule has 0 amide bonds. The van der Waals surface area contributed by atoms with Gasteiger partial charge >= 0.3 is 0 Å². The highest BCUT2D eigenvalue weighted by atomic mass is 16.3. The minimum absolute atomic E-state index is 0.319.